The average Bonchev–Trinajstić information content (AvgIpc) is 2.67. The molecular formula is C18H15N5O4. The Morgan fingerprint density at radius 1 is 0.778 bits per heavy atom. The van der Waals surface area contributed by atoms with Gasteiger partial charge in [-0.3, -0.25) is 30.7 Å². The number of anilines is 4. The molecule has 0 aromatic heterocycles. The molecule has 0 bridgehead atoms. The van der Waals surface area contributed by atoms with Crippen molar-refractivity contribution >= 4 is 34.1 Å². The quantitative estimate of drug-likeness (QED) is 0.379. The third-order valence-corrected chi connectivity index (χ3v) is 3.76. The number of rotatable bonds is 6. The van der Waals surface area contributed by atoms with Gasteiger partial charge in [-0.1, -0.05) is 36.4 Å². The van der Waals surface area contributed by atoms with Crippen molar-refractivity contribution < 1.29 is 9.85 Å². The summed E-state index contributed by atoms with van der Waals surface area (Å²) in [5.41, 5.74) is 8.43. The van der Waals surface area contributed by atoms with Gasteiger partial charge in [-0.05, 0) is 24.3 Å². The zero-order chi connectivity index (χ0) is 19.4. The molecule has 3 aromatic carbocycles. The van der Waals surface area contributed by atoms with Gasteiger partial charge in [0.05, 0.1) is 21.2 Å². The third-order valence-electron chi connectivity index (χ3n) is 3.76. The molecule has 0 spiro atoms. The van der Waals surface area contributed by atoms with E-state index in [0.29, 0.717) is 11.4 Å². The number of hydrazine groups is 1. The van der Waals surface area contributed by atoms with E-state index in [-0.39, 0.29) is 11.4 Å². The Morgan fingerprint density at radius 2 is 1.19 bits per heavy atom. The van der Waals surface area contributed by atoms with Crippen LogP contribution in [0.2, 0.25) is 0 Å². The van der Waals surface area contributed by atoms with Crippen molar-refractivity contribution in [3.05, 3.63) is 93.0 Å². The number of nitrogens with two attached hydrogens (primary N) is 1. The number of hydrogen-bond acceptors (Lipinski definition) is 7. The van der Waals surface area contributed by atoms with E-state index in [9.17, 15) is 20.2 Å². The van der Waals surface area contributed by atoms with Crippen molar-refractivity contribution in [1.29, 1.82) is 0 Å². The van der Waals surface area contributed by atoms with Crippen molar-refractivity contribution in [1.82, 2.24) is 0 Å². The predicted octanol–water partition coefficient (Wildman–Crippen LogP) is 4.25. The maximum Gasteiger partial charge on any atom is 0.303 e. The van der Waals surface area contributed by atoms with Crippen LogP contribution in [0.1, 0.15) is 0 Å². The summed E-state index contributed by atoms with van der Waals surface area (Å²) in [7, 11) is 0. The van der Waals surface area contributed by atoms with Crippen LogP contribution in [0.5, 0.6) is 0 Å². The highest BCUT2D eigenvalue weighted by Crippen LogP contribution is 2.39. The van der Waals surface area contributed by atoms with Crippen LogP contribution in [-0.4, -0.2) is 9.85 Å². The van der Waals surface area contributed by atoms with E-state index in [0.717, 1.165) is 12.1 Å². The number of benzene rings is 3. The number of nitro groups is 2. The average molecular weight is 365 g/mol. The molecule has 9 heteroatoms. The fourth-order valence-electron chi connectivity index (χ4n) is 2.58. The molecule has 3 rings (SSSR count). The van der Waals surface area contributed by atoms with Gasteiger partial charge in [-0.15, -0.1) is 0 Å². The first-order chi connectivity index (χ1) is 13.0. The molecule has 3 aromatic rings. The van der Waals surface area contributed by atoms with Gasteiger partial charge in [0.2, 0.25) is 5.69 Å². The SMILES string of the molecule is Nc1cc([N+](=O)[O-])c(NN(c2ccccc2)c2ccccc2)c([N+](=O)[O-])c1. The first-order valence-electron chi connectivity index (χ1n) is 7.86. The first-order valence-corrected chi connectivity index (χ1v) is 7.86. The molecule has 0 saturated carbocycles. The third kappa shape index (κ3) is 3.76. The van der Waals surface area contributed by atoms with Crippen molar-refractivity contribution in [3.8, 4) is 0 Å². The van der Waals surface area contributed by atoms with Crippen molar-refractivity contribution in [3.63, 3.8) is 0 Å². The number of nitrogen functional groups attached to an aromatic ring is 1. The summed E-state index contributed by atoms with van der Waals surface area (Å²) >= 11 is 0. The van der Waals surface area contributed by atoms with Crippen LogP contribution >= 0.6 is 0 Å². The molecule has 0 aliphatic heterocycles. The molecular weight excluding hydrogens is 350 g/mol. The minimum atomic E-state index is -0.708. The van der Waals surface area contributed by atoms with Crippen LogP contribution < -0.4 is 16.2 Å². The molecule has 136 valence electrons. The first kappa shape index (κ1) is 17.7. The summed E-state index contributed by atoms with van der Waals surface area (Å²) < 4.78 is 0. The monoisotopic (exact) mass is 365 g/mol. The molecule has 3 N–H and O–H groups in total. The molecule has 0 atom stereocenters. The van der Waals surface area contributed by atoms with Crippen molar-refractivity contribution in [2.75, 3.05) is 16.2 Å². The number of nitrogens with one attached hydrogen (secondary N) is 1. The van der Waals surface area contributed by atoms with Crippen LogP contribution in [0.25, 0.3) is 0 Å². The molecule has 0 unspecified atom stereocenters. The smallest absolute Gasteiger partial charge is 0.303 e. The zero-order valence-corrected chi connectivity index (χ0v) is 14.0. The highest BCUT2D eigenvalue weighted by Gasteiger charge is 2.28. The zero-order valence-electron chi connectivity index (χ0n) is 14.0. The number of hydrogen-bond donors (Lipinski definition) is 2. The van der Waals surface area contributed by atoms with Gasteiger partial charge in [0.1, 0.15) is 0 Å². The summed E-state index contributed by atoms with van der Waals surface area (Å²) in [5, 5.41) is 24.5. The standard InChI is InChI=1S/C18H15N5O4/c19-13-11-16(22(24)25)18(17(12-13)23(26)27)20-21(14-7-3-1-4-8-14)15-9-5-2-6-10-15/h1-12,20H,19H2. The normalized spacial score (nSPS) is 10.2. The summed E-state index contributed by atoms with van der Waals surface area (Å²) in [6.07, 6.45) is 0. The Labute approximate surface area is 153 Å². The summed E-state index contributed by atoms with van der Waals surface area (Å²) in [4.78, 5) is 21.5. The van der Waals surface area contributed by atoms with Crippen molar-refractivity contribution in [2.45, 2.75) is 0 Å². The fourth-order valence-corrected chi connectivity index (χ4v) is 2.58. The van der Waals surface area contributed by atoms with Gasteiger partial charge in [0.15, 0.2) is 0 Å². The minimum absolute atomic E-state index is 0.0649. The predicted molar refractivity (Wildman–Crippen MR) is 103 cm³/mol. The van der Waals surface area contributed by atoms with Crippen LogP contribution in [0, 0.1) is 20.2 Å². The van der Waals surface area contributed by atoms with E-state index in [1.54, 1.807) is 48.5 Å². The Bertz CT molecular complexity index is 905. The topological polar surface area (TPSA) is 128 Å². The molecule has 0 saturated heterocycles. The van der Waals surface area contributed by atoms with Gasteiger partial charge in [-0.25, -0.2) is 0 Å². The molecule has 0 radical (unpaired) electrons. The van der Waals surface area contributed by atoms with E-state index in [4.69, 9.17) is 5.73 Å². The molecule has 0 fully saturated rings. The lowest BCUT2D eigenvalue weighted by Gasteiger charge is -2.26. The second kappa shape index (κ2) is 7.40. The van der Waals surface area contributed by atoms with Gasteiger partial charge in [-0.2, -0.15) is 0 Å². The fraction of sp³-hybridized carbons (Fsp3) is 0. The van der Waals surface area contributed by atoms with Gasteiger partial charge >= 0.3 is 11.4 Å². The van der Waals surface area contributed by atoms with Gasteiger partial charge < -0.3 is 5.73 Å². The Balaban J connectivity index is 2.17. The van der Waals surface area contributed by atoms with Crippen molar-refractivity contribution in [2.24, 2.45) is 0 Å². The van der Waals surface area contributed by atoms with E-state index < -0.39 is 21.2 Å². The molecule has 27 heavy (non-hydrogen) atoms. The number of para-hydroxylation sites is 2. The maximum atomic E-state index is 11.5. The summed E-state index contributed by atoms with van der Waals surface area (Å²) in [6.45, 7) is 0. The summed E-state index contributed by atoms with van der Waals surface area (Å²) in [5.74, 6) is 0. The summed E-state index contributed by atoms with van der Waals surface area (Å²) in [6, 6.07) is 20.1. The van der Waals surface area contributed by atoms with Crippen LogP contribution in [0.4, 0.5) is 34.1 Å². The van der Waals surface area contributed by atoms with E-state index >= 15 is 0 Å². The van der Waals surface area contributed by atoms with Crippen LogP contribution in [0.15, 0.2) is 72.8 Å². The highest BCUT2D eigenvalue weighted by atomic mass is 16.6. The molecule has 0 heterocycles. The van der Waals surface area contributed by atoms with Gasteiger partial charge in [0, 0.05) is 17.8 Å². The molecule has 0 aliphatic carbocycles. The second-order valence-corrected chi connectivity index (χ2v) is 5.57. The van der Waals surface area contributed by atoms with Crippen LogP contribution in [0.3, 0.4) is 0 Å². The largest absolute Gasteiger partial charge is 0.398 e. The Hall–Kier alpha value is -4.14. The van der Waals surface area contributed by atoms with Gasteiger partial charge in [0.25, 0.3) is 0 Å². The minimum Gasteiger partial charge on any atom is -0.398 e. The highest BCUT2D eigenvalue weighted by molar-refractivity contribution is 5.81. The van der Waals surface area contributed by atoms with Crippen LogP contribution in [-0.2, 0) is 0 Å². The lowest BCUT2D eigenvalue weighted by Crippen LogP contribution is -2.25. The lowest BCUT2D eigenvalue weighted by molar-refractivity contribution is -0.392. The van der Waals surface area contributed by atoms with E-state index in [1.807, 2.05) is 12.1 Å². The Kier molecular flexibility index (Phi) is 4.84. The Morgan fingerprint density at radius 3 is 1.56 bits per heavy atom. The molecule has 0 amide bonds. The number of nitrogens with zero attached hydrogens (tertiary/aromatic N) is 3. The molecule has 9 nitrogen and oxygen atoms in total. The van der Waals surface area contributed by atoms with E-state index in [2.05, 4.69) is 5.43 Å². The molecule has 0 aliphatic rings. The van der Waals surface area contributed by atoms with E-state index in [1.165, 1.54) is 5.01 Å². The maximum absolute atomic E-state index is 11.5. The lowest BCUT2D eigenvalue weighted by atomic mass is 10.2. The number of nitro benzene ring substituents is 2. The second-order valence-electron chi connectivity index (χ2n) is 5.57.